The maximum Gasteiger partial charge on any atom is 0.194 e. The fraction of sp³-hybridized carbons (Fsp3) is 0.100. The van der Waals surface area contributed by atoms with E-state index in [9.17, 15) is 13.2 Å². The maximum atomic E-state index is 13.0. The zero-order chi connectivity index (χ0) is 10.0. The molecule has 1 aromatic rings. The zero-order valence-corrected chi connectivity index (χ0v) is 7.07. The number of hydrogen-bond donors (Lipinski definition) is 0. The second-order valence-electron chi connectivity index (χ2n) is 2.61. The monoisotopic (exact) mass is 185 g/mol. The number of halogens is 3. The van der Waals surface area contributed by atoms with Crippen LogP contribution in [0, 0.1) is 23.4 Å². The molecule has 0 aliphatic rings. The standard InChI is InChI=1S/C10H8F3/c1-3-6(2)7-4-5-8(11)10(13)9(7)12/h3-5H,1H2,2H3. The molecule has 0 atom stereocenters. The Bertz CT molecular complexity index is 331. The third-order valence-corrected chi connectivity index (χ3v) is 1.77. The zero-order valence-electron chi connectivity index (χ0n) is 7.07. The van der Waals surface area contributed by atoms with Crippen LogP contribution in [0.4, 0.5) is 13.2 Å². The van der Waals surface area contributed by atoms with E-state index in [1.54, 1.807) is 6.92 Å². The number of benzene rings is 1. The van der Waals surface area contributed by atoms with Gasteiger partial charge < -0.3 is 0 Å². The van der Waals surface area contributed by atoms with Crippen molar-refractivity contribution in [1.29, 1.82) is 0 Å². The Labute approximate surface area is 74.7 Å². The Balaban J connectivity index is 3.25. The maximum absolute atomic E-state index is 13.0. The average Bonchev–Trinajstić information content (AvgIpc) is 2.13. The summed E-state index contributed by atoms with van der Waals surface area (Å²) in [6.45, 7) is 4.98. The molecule has 0 N–H and O–H groups in total. The first kappa shape index (κ1) is 9.84. The molecule has 0 aromatic heterocycles. The highest BCUT2D eigenvalue weighted by Crippen LogP contribution is 2.22. The van der Waals surface area contributed by atoms with Crippen LogP contribution in [0.5, 0.6) is 0 Å². The van der Waals surface area contributed by atoms with Crippen LogP contribution in [0.1, 0.15) is 12.5 Å². The van der Waals surface area contributed by atoms with Gasteiger partial charge in [0.05, 0.1) is 0 Å². The molecule has 0 amide bonds. The molecule has 0 spiro atoms. The highest BCUT2D eigenvalue weighted by atomic mass is 19.2. The van der Waals surface area contributed by atoms with Crippen molar-refractivity contribution in [2.24, 2.45) is 0 Å². The van der Waals surface area contributed by atoms with Crippen molar-refractivity contribution in [3.8, 4) is 0 Å². The minimum Gasteiger partial charge on any atom is -0.204 e. The molecular weight excluding hydrogens is 177 g/mol. The summed E-state index contributed by atoms with van der Waals surface area (Å²) >= 11 is 0. The molecule has 0 fully saturated rings. The summed E-state index contributed by atoms with van der Waals surface area (Å²) in [5.74, 6) is -3.33. The van der Waals surface area contributed by atoms with E-state index >= 15 is 0 Å². The van der Waals surface area contributed by atoms with Crippen LogP contribution in [0.15, 0.2) is 24.8 Å². The first-order valence-corrected chi connectivity index (χ1v) is 3.67. The van der Waals surface area contributed by atoms with Crippen LogP contribution in [0.3, 0.4) is 0 Å². The molecule has 0 saturated carbocycles. The lowest BCUT2D eigenvalue weighted by Crippen LogP contribution is -2.00. The summed E-state index contributed by atoms with van der Waals surface area (Å²) in [7, 11) is 0. The minimum absolute atomic E-state index is 0.0360. The van der Waals surface area contributed by atoms with Gasteiger partial charge in [0.1, 0.15) is 0 Å². The van der Waals surface area contributed by atoms with E-state index in [1.807, 2.05) is 0 Å². The Morgan fingerprint density at radius 1 is 1.23 bits per heavy atom. The lowest BCUT2D eigenvalue weighted by Gasteiger charge is -2.07. The Kier molecular flexibility index (Phi) is 2.76. The fourth-order valence-electron chi connectivity index (χ4n) is 0.940. The van der Waals surface area contributed by atoms with Gasteiger partial charge in [0.15, 0.2) is 17.5 Å². The number of hydrogen-bond acceptors (Lipinski definition) is 0. The Morgan fingerprint density at radius 2 is 1.85 bits per heavy atom. The number of allylic oxidation sites excluding steroid dienone is 1. The number of rotatable bonds is 2. The molecule has 1 rings (SSSR count). The molecule has 0 bridgehead atoms. The van der Waals surface area contributed by atoms with Gasteiger partial charge in [0.25, 0.3) is 0 Å². The summed E-state index contributed by atoms with van der Waals surface area (Å²) in [5, 5.41) is 0. The lowest BCUT2D eigenvalue weighted by molar-refractivity contribution is 0.443. The summed E-state index contributed by atoms with van der Waals surface area (Å²) in [5.41, 5.74) is 0.0360. The van der Waals surface area contributed by atoms with Crippen molar-refractivity contribution in [1.82, 2.24) is 0 Å². The van der Waals surface area contributed by atoms with Crippen LogP contribution < -0.4 is 0 Å². The highest BCUT2D eigenvalue weighted by Gasteiger charge is 2.15. The molecule has 69 valence electrons. The molecule has 0 heterocycles. The van der Waals surface area contributed by atoms with E-state index < -0.39 is 17.5 Å². The van der Waals surface area contributed by atoms with Gasteiger partial charge in [-0.1, -0.05) is 19.1 Å². The van der Waals surface area contributed by atoms with E-state index in [-0.39, 0.29) is 5.56 Å². The normalized spacial score (nSPS) is 10.5. The SMILES string of the molecule is C=C[C](C)c1ccc(F)c(F)c1F. The van der Waals surface area contributed by atoms with Gasteiger partial charge in [-0.3, -0.25) is 0 Å². The van der Waals surface area contributed by atoms with Gasteiger partial charge in [0.2, 0.25) is 0 Å². The third-order valence-electron chi connectivity index (χ3n) is 1.77. The molecule has 0 aliphatic heterocycles. The molecule has 0 aliphatic carbocycles. The van der Waals surface area contributed by atoms with Crippen LogP contribution in [-0.4, -0.2) is 0 Å². The van der Waals surface area contributed by atoms with E-state index in [1.165, 1.54) is 12.1 Å². The molecule has 0 nitrogen and oxygen atoms in total. The largest absolute Gasteiger partial charge is 0.204 e. The minimum atomic E-state index is -1.45. The van der Waals surface area contributed by atoms with Crippen molar-refractivity contribution in [3.05, 3.63) is 53.7 Å². The van der Waals surface area contributed by atoms with Gasteiger partial charge in [-0.15, -0.1) is 6.58 Å². The van der Waals surface area contributed by atoms with Crippen molar-refractivity contribution in [3.63, 3.8) is 0 Å². The smallest absolute Gasteiger partial charge is 0.194 e. The van der Waals surface area contributed by atoms with Gasteiger partial charge in [-0.25, -0.2) is 13.2 Å². The van der Waals surface area contributed by atoms with Crippen LogP contribution >= 0.6 is 0 Å². The van der Waals surface area contributed by atoms with Crippen LogP contribution in [-0.2, 0) is 0 Å². The summed E-state index contributed by atoms with van der Waals surface area (Å²) in [4.78, 5) is 0. The predicted octanol–water partition coefficient (Wildman–Crippen LogP) is 3.23. The Hall–Kier alpha value is -1.25. The van der Waals surface area contributed by atoms with Gasteiger partial charge in [0, 0.05) is 11.5 Å². The molecule has 13 heavy (non-hydrogen) atoms. The molecular formula is C10H8F3. The summed E-state index contributed by atoms with van der Waals surface area (Å²) < 4.78 is 38.2. The van der Waals surface area contributed by atoms with Crippen LogP contribution in [0.25, 0.3) is 0 Å². The Morgan fingerprint density at radius 3 is 2.38 bits per heavy atom. The van der Waals surface area contributed by atoms with Crippen LogP contribution in [0.2, 0.25) is 0 Å². The first-order chi connectivity index (χ1) is 6.07. The van der Waals surface area contributed by atoms with Gasteiger partial charge in [-0.05, 0) is 6.07 Å². The summed E-state index contributed by atoms with van der Waals surface area (Å²) in [6.07, 6.45) is 1.38. The average molecular weight is 185 g/mol. The first-order valence-electron chi connectivity index (χ1n) is 3.67. The molecule has 1 aromatic carbocycles. The quantitative estimate of drug-likeness (QED) is 0.620. The van der Waals surface area contributed by atoms with E-state index in [0.29, 0.717) is 5.92 Å². The van der Waals surface area contributed by atoms with E-state index in [0.717, 1.165) is 6.07 Å². The molecule has 0 unspecified atom stereocenters. The topological polar surface area (TPSA) is 0 Å². The second-order valence-corrected chi connectivity index (χ2v) is 2.61. The second kappa shape index (κ2) is 3.64. The van der Waals surface area contributed by atoms with Crippen molar-refractivity contribution < 1.29 is 13.2 Å². The molecule has 1 radical (unpaired) electrons. The van der Waals surface area contributed by atoms with Crippen molar-refractivity contribution in [2.75, 3.05) is 0 Å². The van der Waals surface area contributed by atoms with Gasteiger partial charge >= 0.3 is 0 Å². The van der Waals surface area contributed by atoms with Crippen molar-refractivity contribution >= 4 is 0 Å². The van der Waals surface area contributed by atoms with Gasteiger partial charge in [-0.2, -0.15) is 0 Å². The highest BCUT2D eigenvalue weighted by molar-refractivity contribution is 5.36. The molecule has 3 heteroatoms. The van der Waals surface area contributed by atoms with Crippen molar-refractivity contribution in [2.45, 2.75) is 6.92 Å². The summed E-state index contributed by atoms with van der Waals surface area (Å²) in [6, 6.07) is 2.07. The molecule has 0 saturated heterocycles. The van der Waals surface area contributed by atoms with E-state index in [2.05, 4.69) is 6.58 Å². The lowest BCUT2D eigenvalue weighted by atomic mass is 10.0. The predicted molar refractivity (Wildman–Crippen MR) is 44.5 cm³/mol. The van der Waals surface area contributed by atoms with E-state index in [4.69, 9.17) is 0 Å². The fourth-order valence-corrected chi connectivity index (χ4v) is 0.940. The third kappa shape index (κ3) is 1.74.